The molecule has 17 heavy (non-hydrogen) atoms. The summed E-state index contributed by atoms with van der Waals surface area (Å²) in [6.45, 7) is 6.62. The Balaban J connectivity index is 2.04. The second kappa shape index (κ2) is 4.83. The Kier molecular flexibility index (Phi) is 3.59. The van der Waals surface area contributed by atoms with E-state index in [-0.39, 0.29) is 18.1 Å². The van der Waals surface area contributed by atoms with E-state index in [1.165, 1.54) is 12.0 Å². The molecule has 0 aromatic carbocycles. The first kappa shape index (κ1) is 12.7. The van der Waals surface area contributed by atoms with Crippen molar-refractivity contribution in [3.8, 4) is 0 Å². The average Bonchev–Trinajstić information content (AvgIpc) is 2.87. The number of nitrogens with one attached hydrogen (secondary N) is 1. The zero-order valence-electron chi connectivity index (χ0n) is 11.0. The maximum atomic E-state index is 9.53. The topological polar surface area (TPSA) is 45.4 Å². The van der Waals surface area contributed by atoms with Gasteiger partial charge in [-0.3, -0.25) is 0 Å². The molecule has 1 aromatic rings. The van der Waals surface area contributed by atoms with Gasteiger partial charge >= 0.3 is 0 Å². The normalized spacial score (nSPS) is 30.7. The van der Waals surface area contributed by atoms with Gasteiger partial charge in [0.15, 0.2) is 0 Å². The molecule has 3 heteroatoms. The monoisotopic (exact) mass is 237 g/mol. The van der Waals surface area contributed by atoms with Crippen LogP contribution >= 0.6 is 0 Å². The van der Waals surface area contributed by atoms with Gasteiger partial charge in [0, 0.05) is 18.1 Å². The van der Waals surface area contributed by atoms with Crippen molar-refractivity contribution in [2.24, 2.45) is 5.41 Å². The Bertz CT molecular complexity index is 374. The van der Waals surface area contributed by atoms with Crippen LogP contribution < -0.4 is 5.32 Å². The lowest BCUT2D eigenvalue weighted by atomic mass is 9.85. The van der Waals surface area contributed by atoms with E-state index in [9.17, 15) is 5.11 Å². The third kappa shape index (κ3) is 2.40. The Morgan fingerprint density at radius 1 is 1.65 bits per heavy atom. The molecule has 0 bridgehead atoms. The third-order valence-corrected chi connectivity index (χ3v) is 4.19. The molecule has 96 valence electrons. The second-order valence-corrected chi connectivity index (χ2v) is 5.61. The van der Waals surface area contributed by atoms with E-state index in [2.05, 4.69) is 26.1 Å². The van der Waals surface area contributed by atoms with Crippen molar-refractivity contribution in [1.29, 1.82) is 0 Å². The number of rotatable bonds is 4. The highest BCUT2D eigenvalue weighted by atomic mass is 16.3. The summed E-state index contributed by atoms with van der Waals surface area (Å²) in [7, 11) is 0. The number of aliphatic hydroxyl groups excluding tert-OH is 1. The summed E-state index contributed by atoms with van der Waals surface area (Å²) in [6, 6.07) is 2.58. The minimum absolute atomic E-state index is 0.0226. The molecule has 1 aliphatic carbocycles. The number of aryl methyl sites for hydroxylation is 1. The second-order valence-electron chi connectivity index (χ2n) is 5.61. The molecular weight excluding hydrogens is 214 g/mol. The first-order chi connectivity index (χ1) is 8.07. The highest BCUT2D eigenvalue weighted by molar-refractivity contribution is 5.18. The van der Waals surface area contributed by atoms with Gasteiger partial charge in [-0.1, -0.05) is 13.3 Å². The van der Waals surface area contributed by atoms with Gasteiger partial charge in [-0.15, -0.1) is 0 Å². The zero-order chi connectivity index (χ0) is 12.5. The van der Waals surface area contributed by atoms with Crippen molar-refractivity contribution in [2.75, 3.05) is 6.61 Å². The molecule has 3 nitrogen and oxygen atoms in total. The largest absolute Gasteiger partial charge is 0.467 e. The van der Waals surface area contributed by atoms with E-state index in [1.54, 1.807) is 6.26 Å². The molecule has 1 saturated carbocycles. The van der Waals surface area contributed by atoms with Gasteiger partial charge < -0.3 is 14.8 Å². The van der Waals surface area contributed by atoms with Crippen LogP contribution in [0.4, 0.5) is 0 Å². The maximum Gasteiger partial charge on any atom is 0.123 e. The summed E-state index contributed by atoms with van der Waals surface area (Å²) < 4.78 is 5.51. The van der Waals surface area contributed by atoms with Crippen molar-refractivity contribution in [3.05, 3.63) is 23.7 Å². The van der Waals surface area contributed by atoms with Crippen molar-refractivity contribution in [2.45, 2.75) is 52.1 Å². The number of aliphatic hydroxyl groups is 1. The average molecular weight is 237 g/mol. The smallest absolute Gasteiger partial charge is 0.123 e. The molecule has 0 amide bonds. The lowest BCUT2D eigenvalue weighted by Gasteiger charge is -2.32. The van der Waals surface area contributed by atoms with Gasteiger partial charge in [0.1, 0.15) is 5.76 Å². The predicted octanol–water partition coefficient (Wildman–Crippen LogP) is 2.79. The molecule has 3 unspecified atom stereocenters. The first-order valence-electron chi connectivity index (χ1n) is 6.48. The van der Waals surface area contributed by atoms with Crippen LogP contribution in [0, 0.1) is 12.3 Å². The van der Waals surface area contributed by atoms with Gasteiger partial charge in [0.05, 0.1) is 12.3 Å². The first-order valence-corrected chi connectivity index (χ1v) is 6.48. The van der Waals surface area contributed by atoms with Crippen LogP contribution in [0.1, 0.15) is 50.5 Å². The molecule has 2 N–H and O–H groups in total. The number of furan rings is 1. The maximum absolute atomic E-state index is 9.53. The zero-order valence-corrected chi connectivity index (χ0v) is 11.0. The number of hydrogen-bond acceptors (Lipinski definition) is 3. The van der Waals surface area contributed by atoms with Crippen molar-refractivity contribution < 1.29 is 9.52 Å². The fraction of sp³-hybridized carbons (Fsp3) is 0.714. The van der Waals surface area contributed by atoms with Crippen LogP contribution in [0.3, 0.4) is 0 Å². The molecule has 0 spiro atoms. The summed E-state index contributed by atoms with van der Waals surface area (Å²) in [4.78, 5) is 0. The van der Waals surface area contributed by atoms with E-state index < -0.39 is 0 Å². The Labute approximate surface area is 103 Å². The fourth-order valence-electron chi connectivity index (χ4n) is 2.91. The van der Waals surface area contributed by atoms with E-state index >= 15 is 0 Å². The van der Waals surface area contributed by atoms with Crippen LogP contribution in [-0.2, 0) is 0 Å². The number of hydrogen-bond donors (Lipinski definition) is 2. The van der Waals surface area contributed by atoms with Gasteiger partial charge in [-0.05, 0) is 38.3 Å². The van der Waals surface area contributed by atoms with E-state index in [0.29, 0.717) is 6.04 Å². The van der Waals surface area contributed by atoms with E-state index in [1.807, 2.05) is 6.07 Å². The Morgan fingerprint density at radius 2 is 2.41 bits per heavy atom. The summed E-state index contributed by atoms with van der Waals surface area (Å²) >= 11 is 0. The third-order valence-electron chi connectivity index (χ3n) is 4.19. The quantitative estimate of drug-likeness (QED) is 0.846. The minimum Gasteiger partial charge on any atom is -0.467 e. The molecule has 1 heterocycles. The Hall–Kier alpha value is -0.800. The van der Waals surface area contributed by atoms with E-state index in [4.69, 9.17) is 4.42 Å². The Morgan fingerprint density at radius 3 is 3.00 bits per heavy atom. The molecule has 1 aromatic heterocycles. The highest BCUT2D eigenvalue weighted by Gasteiger charge is 2.39. The van der Waals surface area contributed by atoms with E-state index in [0.717, 1.165) is 18.6 Å². The summed E-state index contributed by atoms with van der Waals surface area (Å²) in [5.74, 6) is 1.01. The van der Waals surface area contributed by atoms with Crippen LogP contribution in [0.5, 0.6) is 0 Å². The lowest BCUT2D eigenvalue weighted by Crippen LogP contribution is -2.42. The van der Waals surface area contributed by atoms with Crippen molar-refractivity contribution in [1.82, 2.24) is 5.32 Å². The van der Waals surface area contributed by atoms with Crippen molar-refractivity contribution in [3.63, 3.8) is 0 Å². The van der Waals surface area contributed by atoms with Gasteiger partial charge in [0.2, 0.25) is 0 Å². The van der Waals surface area contributed by atoms with Crippen LogP contribution in [-0.4, -0.2) is 17.8 Å². The van der Waals surface area contributed by atoms with Crippen LogP contribution in [0.25, 0.3) is 0 Å². The molecule has 0 saturated heterocycles. The lowest BCUT2D eigenvalue weighted by molar-refractivity contribution is 0.113. The fourth-order valence-corrected chi connectivity index (χ4v) is 2.91. The summed E-state index contributed by atoms with van der Waals surface area (Å²) in [5, 5.41) is 13.1. The van der Waals surface area contributed by atoms with Gasteiger partial charge in [-0.25, -0.2) is 0 Å². The molecule has 1 aliphatic rings. The molecule has 0 aliphatic heterocycles. The van der Waals surface area contributed by atoms with Crippen molar-refractivity contribution >= 4 is 0 Å². The summed E-state index contributed by atoms with van der Waals surface area (Å²) in [6.07, 6.45) is 5.17. The van der Waals surface area contributed by atoms with Gasteiger partial charge in [0.25, 0.3) is 0 Å². The minimum atomic E-state index is 0.0226. The molecule has 3 atom stereocenters. The van der Waals surface area contributed by atoms with Crippen LogP contribution in [0.15, 0.2) is 16.7 Å². The van der Waals surface area contributed by atoms with Crippen LogP contribution in [0.2, 0.25) is 0 Å². The highest BCUT2D eigenvalue weighted by Crippen LogP contribution is 2.38. The standard InChI is InChI=1S/C14H23NO2/c1-10-6-8-17-13(10)11(2)15-12-5-4-7-14(12,3)9-16/h6,8,11-12,15-16H,4-5,7,9H2,1-3H3. The molecule has 0 radical (unpaired) electrons. The summed E-state index contributed by atoms with van der Waals surface area (Å²) in [5.41, 5.74) is 1.21. The molecule has 1 fully saturated rings. The predicted molar refractivity (Wildman–Crippen MR) is 67.8 cm³/mol. The molecular formula is C14H23NO2. The SMILES string of the molecule is Cc1ccoc1C(C)NC1CCCC1(C)CO. The molecule has 2 rings (SSSR count). The van der Waals surface area contributed by atoms with Gasteiger partial charge in [-0.2, -0.15) is 0 Å².